The minimum absolute atomic E-state index is 0.00817. The van der Waals surface area contributed by atoms with Crippen LogP contribution in [0.2, 0.25) is 0 Å². The molecule has 0 spiro atoms. The molecule has 2 heterocycles. The fourth-order valence-corrected chi connectivity index (χ4v) is 8.53. The van der Waals surface area contributed by atoms with Gasteiger partial charge in [0.1, 0.15) is 11.5 Å². The van der Waals surface area contributed by atoms with Gasteiger partial charge < -0.3 is 9.84 Å². The maximum atomic E-state index is 14.2. The van der Waals surface area contributed by atoms with Crippen LogP contribution >= 0.6 is 15.9 Å². The molecule has 2 fully saturated rings. The third-order valence-electron chi connectivity index (χ3n) is 10.1. The SMILES string of the molecule is O=C1C=C(Br)C(=O)C2=C1C(c1cc(OC(F)(F)F)ccc1O)C1=CCC3C(=O)N(C4CCN(Cc5ccccc5)CC4)C(=O)C3C1C2. The van der Waals surface area contributed by atoms with Gasteiger partial charge in [0.2, 0.25) is 11.8 Å². The lowest BCUT2D eigenvalue weighted by Crippen LogP contribution is -2.47. The third-order valence-corrected chi connectivity index (χ3v) is 10.7. The van der Waals surface area contributed by atoms with Crippen molar-refractivity contribution in [1.82, 2.24) is 9.80 Å². The largest absolute Gasteiger partial charge is 0.573 e. The Bertz CT molecular complexity index is 1780. The lowest BCUT2D eigenvalue weighted by molar-refractivity contribution is -0.274. The number of ether oxygens (including phenoxy) is 1. The van der Waals surface area contributed by atoms with Crippen molar-refractivity contribution in [2.45, 2.75) is 50.6 Å². The number of Topliss-reactive ketones (excluding diaryl/α,β-unsaturated/α-hetero) is 1. The Morgan fingerprint density at radius 2 is 1.68 bits per heavy atom. The maximum absolute atomic E-state index is 14.2. The molecule has 4 atom stereocenters. The maximum Gasteiger partial charge on any atom is 0.573 e. The van der Waals surface area contributed by atoms with Crippen molar-refractivity contribution >= 4 is 39.3 Å². The predicted molar refractivity (Wildman–Crippen MR) is 166 cm³/mol. The van der Waals surface area contributed by atoms with Gasteiger partial charge in [-0.3, -0.25) is 29.0 Å². The minimum Gasteiger partial charge on any atom is -0.508 e. The monoisotopic (exact) mass is 710 g/mol. The van der Waals surface area contributed by atoms with Crippen molar-refractivity contribution in [3.8, 4) is 11.5 Å². The average Bonchev–Trinajstić information content (AvgIpc) is 3.29. The summed E-state index contributed by atoms with van der Waals surface area (Å²) in [4.78, 5) is 58.7. The number of allylic oxidation sites excluding steroid dienone is 6. The first-order valence-electron chi connectivity index (χ1n) is 15.5. The number of likely N-dealkylation sites (tertiary alicyclic amines) is 2. The van der Waals surface area contributed by atoms with E-state index in [0.29, 0.717) is 31.5 Å². The molecule has 2 aromatic carbocycles. The molecule has 2 amide bonds. The zero-order valence-electron chi connectivity index (χ0n) is 25.0. The first-order valence-corrected chi connectivity index (χ1v) is 16.3. The molecule has 1 N–H and O–H groups in total. The van der Waals surface area contributed by atoms with E-state index in [1.807, 2.05) is 18.2 Å². The molecule has 2 aliphatic heterocycles. The topological polar surface area (TPSA) is 104 Å². The first-order chi connectivity index (χ1) is 22.4. The highest BCUT2D eigenvalue weighted by Gasteiger charge is 2.57. The quantitative estimate of drug-likeness (QED) is 0.241. The fraction of sp³-hybridized carbons (Fsp3) is 0.371. The van der Waals surface area contributed by atoms with E-state index < -0.39 is 53.1 Å². The summed E-state index contributed by atoms with van der Waals surface area (Å²) in [6.45, 7) is 2.20. The van der Waals surface area contributed by atoms with Gasteiger partial charge in [-0.15, -0.1) is 13.2 Å². The van der Waals surface area contributed by atoms with Gasteiger partial charge >= 0.3 is 6.36 Å². The number of fused-ring (bicyclic) bond motifs is 3. The van der Waals surface area contributed by atoms with Crippen LogP contribution in [0.5, 0.6) is 11.5 Å². The van der Waals surface area contributed by atoms with Gasteiger partial charge in [0, 0.05) is 54.4 Å². The van der Waals surface area contributed by atoms with Crippen molar-refractivity contribution in [2.24, 2.45) is 17.8 Å². The normalized spacial score (nSPS) is 26.9. The second kappa shape index (κ2) is 11.9. The number of carbonyl (C=O) groups is 4. The lowest BCUT2D eigenvalue weighted by atomic mass is 9.59. The molecule has 0 bridgehead atoms. The number of piperidine rings is 1. The van der Waals surface area contributed by atoms with Crippen LogP contribution in [0, 0.1) is 17.8 Å². The Labute approximate surface area is 276 Å². The third kappa shape index (κ3) is 5.65. The summed E-state index contributed by atoms with van der Waals surface area (Å²) in [6, 6.07) is 12.8. The number of amides is 2. The number of carbonyl (C=O) groups excluding carboxylic acids is 4. The van der Waals surface area contributed by atoms with Gasteiger partial charge in [0.05, 0.1) is 16.3 Å². The summed E-state index contributed by atoms with van der Waals surface area (Å²) >= 11 is 3.16. The smallest absolute Gasteiger partial charge is 0.508 e. The number of hydrogen-bond donors (Lipinski definition) is 1. The van der Waals surface area contributed by atoms with Gasteiger partial charge in [-0.05, 0) is 71.3 Å². The highest BCUT2D eigenvalue weighted by Crippen LogP contribution is 2.57. The van der Waals surface area contributed by atoms with Crippen molar-refractivity contribution in [1.29, 1.82) is 0 Å². The van der Waals surface area contributed by atoms with Crippen molar-refractivity contribution in [3.63, 3.8) is 0 Å². The van der Waals surface area contributed by atoms with Crippen molar-refractivity contribution < 1.29 is 42.2 Å². The van der Waals surface area contributed by atoms with Crippen LogP contribution in [-0.2, 0) is 25.7 Å². The molecule has 0 radical (unpaired) electrons. The van der Waals surface area contributed by atoms with E-state index in [1.165, 1.54) is 10.5 Å². The Balaban J connectivity index is 1.21. The average molecular weight is 712 g/mol. The zero-order valence-corrected chi connectivity index (χ0v) is 26.6. The summed E-state index contributed by atoms with van der Waals surface area (Å²) < 4.78 is 43.6. The highest BCUT2D eigenvalue weighted by atomic mass is 79.9. The molecule has 0 aromatic heterocycles. The van der Waals surface area contributed by atoms with Crippen LogP contribution in [0.4, 0.5) is 13.2 Å². The predicted octanol–water partition coefficient (Wildman–Crippen LogP) is 5.72. The number of imide groups is 1. The van der Waals surface area contributed by atoms with Crippen LogP contribution in [-0.4, -0.2) is 63.8 Å². The number of benzene rings is 2. The van der Waals surface area contributed by atoms with Crippen LogP contribution in [0.15, 0.2) is 81.9 Å². The number of hydrogen-bond acceptors (Lipinski definition) is 7. The Morgan fingerprint density at radius 1 is 0.957 bits per heavy atom. The molecule has 2 saturated heterocycles. The van der Waals surface area contributed by atoms with Crippen molar-refractivity contribution in [3.05, 3.63) is 93.0 Å². The van der Waals surface area contributed by atoms with Gasteiger partial charge in [0.15, 0.2) is 11.6 Å². The second-order valence-electron chi connectivity index (χ2n) is 12.7. The van der Waals surface area contributed by atoms with Gasteiger partial charge in [0.25, 0.3) is 0 Å². The number of phenols is 1. The van der Waals surface area contributed by atoms with E-state index >= 15 is 0 Å². The van der Waals surface area contributed by atoms with Crippen molar-refractivity contribution in [2.75, 3.05) is 13.1 Å². The van der Waals surface area contributed by atoms with Crippen LogP contribution in [0.1, 0.15) is 42.7 Å². The van der Waals surface area contributed by atoms with Crippen LogP contribution < -0.4 is 4.74 Å². The van der Waals surface area contributed by atoms with E-state index in [1.54, 1.807) is 6.08 Å². The van der Waals surface area contributed by atoms with E-state index in [4.69, 9.17) is 0 Å². The molecule has 8 nitrogen and oxygen atoms in total. The van der Waals surface area contributed by atoms with Gasteiger partial charge in [-0.1, -0.05) is 42.0 Å². The second-order valence-corrected chi connectivity index (χ2v) is 13.6. The first kappa shape index (κ1) is 31.6. The molecular weight excluding hydrogens is 681 g/mol. The molecule has 47 heavy (non-hydrogen) atoms. The van der Waals surface area contributed by atoms with E-state index in [2.05, 4.69) is 37.7 Å². The summed E-state index contributed by atoms with van der Waals surface area (Å²) in [5, 5.41) is 10.9. The Morgan fingerprint density at radius 3 is 2.38 bits per heavy atom. The van der Waals surface area contributed by atoms with E-state index in [9.17, 15) is 37.5 Å². The fourth-order valence-electron chi connectivity index (χ4n) is 8.08. The number of rotatable bonds is 5. The number of ketones is 2. The minimum atomic E-state index is -5.01. The number of nitrogens with zero attached hydrogens (tertiary/aromatic N) is 2. The molecule has 12 heteroatoms. The Hall–Kier alpha value is -4.03. The summed E-state index contributed by atoms with van der Waals surface area (Å²) in [6.07, 6.45) is -0.691. The molecule has 4 unspecified atom stereocenters. The zero-order chi connectivity index (χ0) is 33.2. The number of phenolic OH excluding ortho intramolecular Hbond substituents is 1. The standard InChI is InChI=1S/C35H30BrF3N2O6/c36-26-16-28(43)31-25(32(26)44)15-23-21(29(31)24-14-20(6-9-27(24)42)47-35(37,38)39)7-8-22-30(23)34(46)41(33(22)45)19-10-12-40(13-11-19)17-18-4-2-1-3-5-18/h1-7,9,14,16,19,22-23,29-30,42H,8,10-13,15,17H2. The van der Waals surface area contributed by atoms with Gasteiger partial charge in [-0.2, -0.15) is 0 Å². The van der Waals surface area contributed by atoms with E-state index in [0.717, 1.165) is 30.8 Å². The lowest BCUT2D eigenvalue weighted by Gasteiger charge is -2.42. The molecule has 5 aliphatic rings. The summed E-state index contributed by atoms with van der Waals surface area (Å²) in [7, 11) is 0. The number of halogens is 4. The molecule has 3 aliphatic carbocycles. The molecular formula is C35H30BrF3N2O6. The molecule has 0 saturated carbocycles. The number of aromatic hydroxyl groups is 1. The van der Waals surface area contributed by atoms with Crippen LogP contribution in [0.25, 0.3) is 0 Å². The molecule has 2 aromatic rings. The van der Waals surface area contributed by atoms with E-state index in [-0.39, 0.29) is 51.9 Å². The summed E-state index contributed by atoms with van der Waals surface area (Å²) in [5.41, 5.74) is 1.81. The molecule has 7 rings (SSSR count). The highest BCUT2D eigenvalue weighted by molar-refractivity contribution is 9.12. The van der Waals surface area contributed by atoms with Crippen LogP contribution in [0.3, 0.4) is 0 Å². The van der Waals surface area contributed by atoms with Gasteiger partial charge in [-0.25, -0.2) is 0 Å². The summed E-state index contributed by atoms with van der Waals surface area (Å²) in [5.74, 6) is -5.88. The number of alkyl halides is 3. The Kier molecular flexibility index (Phi) is 7.99. The molecule has 244 valence electrons.